The number of aryl methyl sites for hydroxylation is 1. The molecule has 2 amide bonds. The topological polar surface area (TPSA) is 60.9 Å². The second kappa shape index (κ2) is 8.16. The third kappa shape index (κ3) is 3.44. The molecule has 2 saturated heterocycles. The van der Waals surface area contributed by atoms with Gasteiger partial charge < -0.3 is 10.0 Å². The largest absolute Gasteiger partial charge is 0.508 e. The molecule has 1 saturated carbocycles. The Hall–Kier alpha value is -1.59. The minimum atomic E-state index is -0.408. The fourth-order valence-corrected chi connectivity index (χ4v) is 6.72. The van der Waals surface area contributed by atoms with E-state index in [9.17, 15) is 14.7 Å². The minimum absolute atomic E-state index is 0. The van der Waals surface area contributed by atoms with Gasteiger partial charge in [0.2, 0.25) is 11.8 Å². The summed E-state index contributed by atoms with van der Waals surface area (Å²) in [6.45, 7) is 5.68. The summed E-state index contributed by atoms with van der Waals surface area (Å²) < 4.78 is 0. The van der Waals surface area contributed by atoms with E-state index in [0.29, 0.717) is 30.6 Å². The molecule has 2 aliphatic carbocycles. The lowest BCUT2D eigenvalue weighted by Gasteiger charge is -2.54. The van der Waals surface area contributed by atoms with Crippen LogP contribution in [-0.2, 0) is 16.0 Å². The predicted octanol–water partition coefficient (Wildman–Crippen LogP) is 3.73. The quantitative estimate of drug-likeness (QED) is 0.739. The smallest absolute Gasteiger partial charge is 0.235 e. The molecule has 5 rings (SSSR count). The van der Waals surface area contributed by atoms with Crippen molar-refractivity contribution in [3.05, 3.63) is 29.3 Å². The zero-order valence-electron chi connectivity index (χ0n) is 17.8. The van der Waals surface area contributed by atoms with Crippen LogP contribution in [0.15, 0.2) is 18.2 Å². The number of benzene rings is 1. The van der Waals surface area contributed by atoms with E-state index in [-0.39, 0.29) is 30.1 Å². The number of hydrogen-bond acceptors (Lipinski definition) is 4. The molecule has 0 spiro atoms. The number of phenols is 1. The number of carbonyl (C=O) groups is 2. The van der Waals surface area contributed by atoms with Crippen LogP contribution in [0.4, 0.5) is 0 Å². The number of carbonyl (C=O) groups excluding carboxylic acids is 2. The van der Waals surface area contributed by atoms with Gasteiger partial charge in [-0.3, -0.25) is 14.5 Å². The van der Waals surface area contributed by atoms with E-state index < -0.39 is 5.41 Å². The molecule has 1 aromatic rings. The first kappa shape index (κ1) is 21.6. The summed E-state index contributed by atoms with van der Waals surface area (Å²) in [6.07, 6.45) is 6.75. The summed E-state index contributed by atoms with van der Waals surface area (Å²) in [7, 11) is 0. The van der Waals surface area contributed by atoms with Crippen molar-refractivity contribution < 1.29 is 14.7 Å². The molecule has 4 atom stereocenters. The summed E-state index contributed by atoms with van der Waals surface area (Å²) >= 11 is 0. The number of likely N-dealkylation sites (tertiary alicyclic amines) is 2. The number of phenolic OH excluding ortho intramolecular Hbond substituents is 1. The van der Waals surface area contributed by atoms with E-state index in [2.05, 4.69) is 17.9 Å². The zero-order valence-corrected chi connectivity index (χ0v) is 18.6. The molecule has 164 valence electrons. The lowest BCUT2D eigenvalue weighted by atomic mass is 9.52. The van der Waals surface area contributed by atoms with Crippen molar-refractivity contribution in [3.8, 4) is 5.75 Å². The lowest BCUT2D eigenvalue weighted by molar-refractivity contribution is -0.167. The zero-order chi connectivity index (χ0) is 20.2. The van der Waals surface area contributed by atoms with Gasteiger partial charge in [0.25, 0.3) is 0 Å². The Bertz CT molecular complexity index is 838. The van der Waals surface area contributed by atoms with Gasteiger partial charge in [0.1, 0.15) is 5.75 Å². The summed E-state index contributed by atoms with van der Waals surface area (Å²) in [5, 5.41) is 9.84. The molecular weight excluding hydrogens is 400 g/mol. The van der Waals surface area contributed by atoms with Crippen molar-refractivity contribution in [2.24, 2.45) is 17.3 Å². The fourth-order valence-electron chi connectivity index (χ4n) is 6.72. The van der Waals surface area contributed by atoms with Gasteiger partial charge >= 0.3 is 0 Å². The van der Waals surface area contributed by atoms with Gasteiger partial charge in [0.05, 0.1) is 5.41 Å². The van der Waals surface area contributed by atoms with Gasteiger partial charge in [-0.1, -0.05) is 13.0 Å². The monoisotopic (exact) mass is 432 g/mol. The van der Waals surface area contributed by atoms with Crippen LogP contribution in [0.3, 0.4) is 0 Å². The maximum atomic E-state index is 13.5. The highest BCUT2D eigenvalue weighted by Gasteiger charge is 2.57. The van der Waals surface area contributed by atoms with E-state index in [4.69, 9.17) is 0 Å². The number of aromatic hydroxyl groups is 1. The standard InChI is InChI=1S/C24H32N2O3.ClH/c1-24-9-8-19-18-7-5-17(27)14-16(18)4-6-20(19)21(24)15-22(28)26(23(24)29)13-12-25-10-2-3-11-25;/h5,7,14,19-21,27H,2-4,6,8-13,15H2,1H3;1H/t19?,20-,21?,24+;/m1./s1. The van der Waals surface area contributed by atoms with Crippen molar-refractivity contribution in [1.82, 2.24) is 9.80 Å². The number of hydrogen-bond donors (Lipinski definition) is 1. The highest BCUT2D eigenvalue weighted by atomic mass is 35.5. The fraction of sp³-hybridized carbons (Fsp3) is 0.667. The Labute approximate surface area is 185 Å². The first-order chi connectivity index (χ1) is 14.0. The number of imide groups is 1. The molecular formula is C24H33ClN2O3. The highest BCUT2D eigenvalue weighted by Crippen LogP contribution is 2.58. The Morgan fingerprint density at radius 2 is 1.90 bits per heavy atom. The molecule has 1 aromatic carbocycles. The van der Waals surface area contributed by atoms with Crippen molar-refractivity contribution in [2.75, 3.05) is 26.2 Å². The number of halogens is 1. The molecule has 0 aromatic heterocycles. The predicted molar refractivity (Wildman–Crippen MR) is 118 cm³/mol. The number of amides is 2. The number of fused-ring (bicyclic) bond motifs is 5. The van der Waals surface area contributed by atoms with E-state index in [0.717, 1.165) is 45.3 Å². The van der Waals surface area contributed by atoms with Gasteiger partial charge in [-0.05, 0) is 92.6 Å². The number of rotatable bonds is 3. The molecule has 0 radical (unpaired) electrons. The first-order valence-electron chi connectivity index (χ1n) is 11.4. The summed E-state index contributed by atoms with van der Waals surface area (Å²) in [6, 6.07) is 5.75. The van der Waals surface area contributed by atoms with Gasteiger partial charge in [0.15, 0.2) is 0 Å². The normalized spacial score (nSPS) is 33.5. The molecule has 6 heteroatoms. The Balaban J connectivity index is 0.00000218. The summed E-state index contributed by atoms with van der Waals surface area (Å²) in [4.78, 5) is 30.5. The minimum Gasteiger partial charge on any atom is -0.508 e. The van der Waals surface area contributed by atoms with Crippen LogP contribution in [0.1, 0.15) is 62.5 Å². The van der Waals surface area contributed by atoms with Gasteiger partial charge in [0, 0.05) is 19.5 Å². The van der Waals surface area contributed by atoms with Crippen molar-refractivity contribution in [1.29, 1.82) is 0 Å². The molecule has 2 heterocycles. The second-order valence-corrected chi connectivity index (χ2v) is 9.86. The van der Waals surface area contributed by atoms with Crippen LogP contribution < -0.4 is 0 Å². The van der Waals surface area contributed by atoms with Gasteiger partial charge in [-0.15, -0.1) is 12.4 Å². The van der Waals surface area contributed by atoms with E-state index in [1.54, 1.807) is 11.0 Å². The van der Waals surface area contributed by atoms with Gasteiger partial charge in [-0.2, -0.15) is 0 Å². The Kier molecular flexibility index (Phi) is 5.88. The SMILES string of the molecule is C[C@]12CCC3c4ccc(O)cc4CC[C@H]3C1CC(=O)N(CCN1CCCC1)C2=O.Cl. The van der Waals surface area contributed by atoms with Crippen LogP contribution in [0.25, 0.3) is 0 Å². The molecule has 1 N–H and O–H groups in total. The van der Waals surface area contributed by atoms with Crippen molar-refractivity contribution in [2.45, 2.75) is 57.8 Å². The second-order valence-electron chi connectivity index (χ2n) is 9.86. The van der Waals surface area contributed by atoms with E-state index in [1.165, 1.54) is 24.0 Å². The van der Waals surface area contributed by atoms with E-state index in [1.807, 2.05) is 6.07 Å². The average Bonchev–Trinajstić information content (AvgIpc) is 3.22. The number of piperidine rings is 1. The van der Waals surface area contributed by atoms with Crippen LogP contribution in [0, 0.1) is 17.3 Å². The first-order valence-corrected chi connectivity index (χ1v) is 11.4. The van der Waals surface area contributed by atoms with Crippen LogP contribution in [0.5, 0.6) is 5.75 Å². The average molecular weight is 433 g/mol. The van der Waals surface area contributed by atoms with E-state index >= 15 is 0 Å². The molecule has 30 heavy (non-hydrogen) atoms. The van der Waals surface area contributed by atoms with Crippen molar-refractivity contribution in [3.63, 3.8) is 0 Å². The van der Waals surface area contributed by atoms with Gasteiger partial charge in [-0.25, -0.2) is 0 Å². The maximum Gasteiger partial charge on any atom is 0.235 e. The molecule has 0 bridgehead atoms. The molecule has 4 aliphatic rings. The Morgan fingerprint density at radius 3 is 2.67 bits per heavy atom. The van der Waals surface area contributed by atoms with Crippen LogP contribution in [-0.4, -0.2) is 52.9 Å². The molecule has 5 nitrogen and oxygen atoms in total. The Morgan fingerprint density at radius 1 is 1.13 bits per heavy atom. The summed E-state index contributed by atoms with van der Waals surface area (Å²) in [5.41, 5.74) is 2.17. The lowest BCUT2D eigenvalue weighted by Crippen LogP contribution is -2.60. The molecule has 2 unspecified atom stereocenters. The third-order valence-electron chi connectivity index (χ3n) is 8.37. The van der Waals surface area contributed by atoms with Crippen LogP contribution >= 0.6 is 12.4 Å². The summed E-state index contributed by atoms with van der Waals surface area (Å²) in [5.74, 6) is 1.39. The third-order valence-corrected chi connectivity index (χ3v) is 8.37. The maximum absolute atomic E-state index is 13.5. The highest BCUT2D eigenvalue weighted by molar-refractivity contribution is 6.01. The molecule has 3 fully saturated rings. The van der Waals surface area contributed by atoms with Crippen LogP contribution in [0.2, 0.25) is 0 Å². The number of nitrogens with zero attached hydrogens (tertiary/aromatic N) is 2. The van der Waals surface area contributed by atoms with Crippen molar-refractivity contribution >= 4 is 24.2 Å². The molecule has 2 aliphatic heterocycles.